The van der Waals surface area contributed by atoms with Crippen LogP contribution in [0, 0.1) is 0 Å². The normalized spacial score (nSPS) is 21.0. The van der Waals surface area contributed by atoms with Gasteiger partial charge in [-0.25, -0.2) is 4.39 Å². The van der Waals surface area contributed by atoms with Gasteiger partial charge in [-0.3, -0.25) is 14.7 Å². The highest BCUT2D eigenvalue weighted by molar-refractivity contribution is 6.30. The Bertz CT molecular complexity index is 710. The molecule has 1 aliphatic heterocycles. The fraction of sp³-hybridized carbons (Fsp3) is 0.368. The van der Waals surface area contributed by atoms with Crippen LogP contribution in [0.1, 0.15) is 24.0 Å². The monoisotopic (exact) mass is 361 g/mol. The quantitative estimate of drug-likeness (QED) is 0.888. The van der Waals surface area contributed by atoms with E-state index in [9.17, 15) is 4.79 Å². The summed E-state index contributed by atoms with van der Waals surface area (Å²) >= 11 is 5.90. The standard InChI is InChI=1S/C19H21ClFN3O/c20-17-6-4-15(5-7-17)13-24-10-2-8-19(21,14-24)18(25)23-12-16-3-1-9-22-11-16/h1,3-7,9,11H,2,8,10,12-14H2,(H,23,25)/t19-/m0/s1. The number of carbonyl (C=O) groups excluding carboxylic acids is 1. The van der Waals surface area contributed by atoms with Crippen molar-refractivity contribution in [3.63, 3.8) is 0 Å². The van der Waals surface area contributed by atoms with Gasteiger partial charge in [-0.2, -0.15) is 0 Å². The molecule has 2 heterocycles. The molecule has 1 atom stereocenters. The van der Waals surface area contributed by atoms with E-state index in [-0.39, 0.29) is 19.5 Å². The number of benzene rings is 1. The number of carbonyl (C=O) groups is 1. The van der Waals surface area contributed by atoms with Crippen LogP contribution in [0.4, 0.5) is 4.39 Å². The lowest BCUT2D eigenvalue weighted by Crippen LogP contribution is -2.53. The fourth-order valence-corrected chi connectivity index (χ4v) is 3.23. The number of halogens is 2. The third kappa shape index (κ3) is 4.77. The Kier molecular flexibility index (Phi) is 5.66. The topological polar surface area (TPSA) is 45.2 Å². The average Bonchev–Trinajstić information content (AvgIpc) is 2.62. The maximum atomic E-state index is 15.2. The molecule has 0 unspecified atom stereocenters. The second-order valence-electron chi connectivity index (χ2n) is 6.45. The summed E-state index contributed by atoms with van der Waals surface area (Å²) in [6.45, 7) is 1.78. The van der Waals surface area contributed by atoms with E-state index in [0.717, 1.165) is 17.7 Å². The number of alkyl halides is 1. The third-order valence-corrected chi connectivity index (χ3v) is 4.68. The van der Waals surface area contributed by atoms with Gasteiger partial charge in [0, 0.05) is 37.1 Å². The number of aromatic nitrogens is 1. The Hall–Kier alpha value is -1.98. The van der Waals surface area contributed by atoms with Crippen molar-refractivity contribution in [2.45, 2.75) is 31.6 Å². The zero-order chi connectivity index (χ0) is 17.7. The maximum absolute atomic E-state index is 15.2. The molecule has 1 saturated heterocycles. The summed E-state index contributed by atoms with van der Waals surface area (Å²) in [6.07, 6.45) is 4.24. The summed E-state index contributed by atoms with van der Waals surface area (Å²) in [5.74, 6) is -0.544. The first-order valence-electron chi connectivity index (χ1n) is 8.38. The molecule has 0 aliphatic carbocycles. The summed E-state index contributed by atoms with van der Waals surface area (Å²) < 4.78 is 15.2. The fourth-order valence-electron chi connectivity index (χ4n) is 3.11. The second kappa shape index (κ2) is 7.93. The molecular weight excluding hydrogens is 341 g/mol. The van der Waals surface area contributed by atoms with Gasteiger partial charge in [0.05, 0.1) is 0 Å². The van der Waals surface area contributed by atoms with Gasteiger partial charge in [-0.15, -0.1) is 0 Å². The van der Waals surface area contributed by atoms with Crippen LogP contribution in [-0.2, 0) is 17.9 Å². The van der Waals surface area contributed by atoms with E-state index < -0.39 is 11.6 Å². The maximum Gasteiger partial charge on any atom is 0.259 e. The number of nitrogens with one attached hydrogen (secondary N) is 1. The van der Waals surface area contributed by atoms with Crippen LogP contribution in [0.2, 0.25) is 5.02 Å². The molecule has 0 bridgehead atoms. The minimum Gasteiger partial charge on any atom is -0.349 e. The van der Waals surface area contributed by atoms with Crippen LogP contribution in [0.15, 0.2) is 48.8 Å². The van der Waals surface area contributed by atoms with Crippen LogP contribution in [0.3, 0.4) is 0 Å². The first-order chi connectivity index (χ1) is 12.0. The Balaban J connectivity index is 1.58. The highest BCUT2D eigenvalue weighted by Gasteiger charge is 2.42. The minimum absolute atomic E-state index is 0.106. The van der Waals surface area contributed by atoms with E-state index in [1.54, 1.807) is 18.5 Å². The lowest BCUT2D eigenvalue weighted by atomic mass is 9.93. The van der Waals surface area contributed by atoms with Crippen LogP contribution >= 0.6 is 11.6 Å². The number of pyridine rings is 1. The molecule has 25 heavy (non-hydrogen) atoms. The van der Waals surface area contributed by atoms with Crippen LogP contribution < -0.4 is 5.32 Å². The summed E-state index contributed by atoms with van der Waals surface area (Å²) in [5, 5.41) is 3.38. The van der Waals surface area contributed by atoms with Crippen molar-refractivity contribution in [1.29, 1.82) is 0 Å². The van der Waals surface area contributed by atoms with Crippen molar-refractivity contribution in [3.05, 3.63) is 64.9 Å². The largest absolute Gasteiger partial charge is 0.349 e. The molecule has 2 aromatic rings. The van der Waals surface area contributed by atoms with Gasteiger partial charge < -0.3 is 5.32 Å². The third-order valence-electron chi connectivity index (χ3n) is 4.42. The zero-order valence-electron chi connectivity index (χ0n) is 13.9. The molecule has 0 saturated carbocycles. The molecule has 0 spiro atoms. The lowest BCUT2D eigenvalue weighted by molar-refractivity contribution is -0.137. The van der Waals surface area contributed by atoms with E-state index >= 15 is 4.39 Å². The molecule has 1 aromatic heterocycles. The summed E-state index contributed by atoms with van der Waals surface area (Å²) in [6, 6.07) is 11.2. The molecule has 6 heteroatoms. The van der Waals surface area contributed by atoms with E-state index in [4.69, 9.17) is 11.6 Å². The number of amides is 1. The number of piperidine rings is 1. The van der Waals surface area contributed by atoms with Gasteiger partial charge in [0.1, 0.15) is 0 Å². The molecule has 4 nitrogen and oxygen atoms in total. The molecule has 0 radical (unpaired) electrons. The van der Waals surface area contributed by atoms with Crippen molar-refractivity contribution in [1.82, 2.24) is 15.2 Å². The van der Waals surface area contributed by atoms with Crippen molar-refractivity contribution in [2.24, 2.45) is 0 Å². The van der Waals surface area contributed by atoms with Gasteiger partial charge in [-0.05, 0) is 48.7 Å². The molecular formula is C19H21ClFN3O. The summed E-state index contributed by atoms with van der Waals surface area (Å²) in [4.78, 5) is 18.4. The molecule has 1 N–H and O–H groups in total. The van der Waals surface area contributed by atoms with Crippen molar-refractivity contribution in [2.75, 3.05) is 13.1 Å². The summed E-state index contributed by atoms with van der Waals surface area (Å²) in [7, 11) is 0. The molecule has 1 amide bonds. The van der Waals surface area contributed by atoms with Gasteiger partial charge in [-0.1, -0.05) is 29.8 Å². The minimum atomic E-state index is -1.85. The van der Waals surface area contributed by atoms with Crippen LogP contribution in [-0.4, -0.2) is 34.5 Å². The Morgan fingerprint density at radius 1 is 1.28 bits per heavy atom. The molecule has 1 fully saturated rings. The molecule has 3 rings (SSSR count). The Morgan fingerprint density at radius 3 is 2.80 bits per heavy atom. The second-order valence-corrected chi connectivity index (χ2v) is 6.89. The predicted molar refractivity (Wildman–Crippen MR) is 95.9 cm³/mol. The van der Waals surface area contributed by atoms with E-state index in [1.807, 2.05) is 35.2 Å². The highest BCUT2D eigenvalue weighted by atomic mass is 35.5. The van der Waals surface area contributed by atoms with Crippen molar-refractivity contribution >= 4 is 17.5 Å². The van der Waals surface area contributed by atoms with Crippen LogP contribution in [0.25, 0.3) is 0 Å². The average molecular weight is 362 g/mol. The number of hydrogen-bond donors (Lipinski definition) is 1. The lowest BCUT2D eigenvalue weighted by Gasteiger charge is -2.36. The van der Waals surface area contributed by atoms with Gasteiger partial charge in [0.2, 0.25) is 5.67 Å². The number of likely N-dealkylation sites (tertiary alicyclic amines) is 1. The van der Waals surface area contributed by atoms with Crippen LogP contribution in [0.5, 0.6) is 0 Å². The zero-order valence-corrected chi connectivity index (χ0v) is 14.7. The van der Waals surface area contributed by atoms with E-state index in [0.29, 0.717) is 18.0 Å². The van der Waals surface area contributed by atoms with E-state index in [1.165, 1.54) is 0 Å². The summed E-state index contributed by atoms with van der Waals surface area (Å²) in [5.41, 5.74) is 0.0603. The molecule has 1 aromatic carbocycles. The van der Waals surface area contributed by atoms with Crippen molar-refractivity contribution in [3.8, 4) is 0 Å². The number of nitrogens with zero attached hydrogens (tertiary/aromatic N) is 2. The molecule has 132 valence electrons. The van der Waals surface area contributed by atoms with Crippen molar-refractivity contribution < 1.29 is 9.18 Å². The Labute approximate surface area is 152 Å². The number of hydrogen-bond acceptors (Lipinski definition) is 3. The van der Waals surface area contributed by atoms with E-state index in [2.05, 4.69) is 10.3 Å². The predicted octanol–water partition coefficient (Wildman–Crippen LogP) is 3.36. The molecule has 1 aliphatic rings. The highest BCUT2D eigenvalue weighted by Crippen LogP contribution is 2.27. The first kappa shape index (κ1) is 17.8. The number of rotatable bonds is 5. The SMILES string of the molecule is O=C(NCc1cccnc1)[C@]1(F)CCCN(Cc2ccc(Cl)cc2)C1. The van der Waals surface area contributed by atoms with Gasteiger partial charge in [0.25, 0.3) is 5.91 Å². The first-order valence-corrected chi connectivity index (χ1v) is 8.76. The van der Waals surface area contributed by atoms with Gasteiger partial charge >= 0.3 is 0 Å². The Morgan fingerprint density at radius 2 is 2.08 bits per heavy atom. The van der Waals surface area contributed by atoms with Gasteiger partial charge in [0.15, 0.2) is 0 Å². The smallest absolute Gasteiger partial charge is 0.259 e.